The second-order valence-corrected chi connectivity index (χ2v) is 9.76. The predicted molar refractivity (Wildman–Crippen MR) is 120 cm³/mol. The van der Waals surface area contributed by atoms with E-state index in [1.807, 2.05) is 0 Å². The molecule has 13 heteroatoms. The molecule has 2 aromatic carbocycles. The van der Waals surface area contributed by atoms with Gasteiger partial charge in [0.15, 0.2) is 17.4 Å². The minimum Gasteiger partial charge on any atom is -0.473 e. The summed E-state index contributed by atoms with van der Waals surface area (Å²) >= 11 is 5.75. The van der Waals surface area contributed by atoms with E-state index in [1.54, 1.807) is 10.6 Å². The van der Waals surface area contributed by atoms with Crippen LogP contribution in [0.25, 0.3) is 0 Å². The molecule has 3 aliphatic heterocycles. The van der Waals surface area contributed by atoms with Gasteiger partial charge in [-0.15, -0.1) is 13.2 Å². The average molecular weight is 542 g/mol. The smallest absolute Gasteiger partial charge is 0.473 e. The Morgan fingerprint density at radius 2 is 1.84 bits per heavy atom. The summed E-state index contributed by atoms with van der Waals surface area (Å²) in [5, 5.41) is -0.463. The molecule has 7 rings (SSSR count). The van der Waals surface area contributed by atoms with Gasteiger partial charge in [-0.05, 0) is 48.6 Å². The molecular weight excluding hydrogens is 525 g/mol. The zero-order valence-corrected chi connectivity index (χ0v) is 19.6. The van der Waals surface area contributed by atoms with Crippen molar-refractivity contribution >= 4 is 17.4 Å². The molecule has 4 heterocycles. The topological polar surface area (TPSA) is 65.8 Å². The van der Waals surface area contributed by atoms with Gasteiger partial charge in [0, 0.05) is 18.7 Å². The van der Waals surface area contributed by atoms with Crippen LogP contribution in [0.2, 0.25) is 5.02 Å². The number of nitrogens with zero attached hydrogens (tertiary/aromatic N) is 3. The van der Waals surface area contributed by atoms with Crippen LogP contribution in [0.1, 0.15) is 18.4 Å². The number of halogens is 6. The summed E-state index contributed by atoms with van der Waals surface area (Å²) < 4.78 is 82.6. The van der Waals surface area contributed by atoms with Gasteiger partial charge in [-0.25, -0.2) is 13.6 Å². The maximum absolute atomic E-state index is 14.7. The van der Waals surface area contributed by atoms with Crippen LogP contribution in [0.4, 0.5) is 27.8 Å². The SMILES string of the molecule is O=c1nc(OCc2cc(F)c(Oc3ccc(OC(F)(F)F)c(Cl)c3)c(F)c2)cc2n1CC13CC(CN21)C3. The molecule has 2 bridgehead atoms. The minimum atomic E-state index is -4.96. The van der Waals surface area contributed by atoms with Crippen molar-refractivity contribution in [2.24, 2.45) is 5.92 Å². The van der Waals surface area contributed by atoms with Gasteiger partial charge in [0.25, 0.3) is 0 Å². The lowest BCUT2D eigenvalue weighted by molar-refractivity contribution is -0.274. The van der Waals surface area contributed by atoms with Gasteiger partial charge in [-0.1, -0.05) is 11.6 Å². The third-order valence-corrected chi connectivity index (χ3v) is 7.13. The third-order valence-electron chi connectivity index (χ3n) is 6.84. The lowest BCUT2D eigenvalue weighted by Gasteiger charge is -2.37. The Labute approximate surface area is 210 Å². The number of alkyl halides is 3. The quantitative estimate of drug-likeness (QED) is 0.388. The summed E-state index contributed by atoms with van der Waals surface area (Å²) in [6, 6.07) is 6.44. The highest BCUT2D eigenvalue weighted by Gasteiger charge is 2.60. The first-order valence-corrected chi connectivity index (χ1v) is 11.6. The molecule has 4 aliphatic rings. The summed E-state index contributed by atoms with van der Waals surface area (Å²) in [7, 11) is 0. The highest BCUT2D eigenvalue weighted by molar-refractivity contribution is 6.32. The molecule has 2 saturated heterocycles. The molecule has 0 amide bonds. The van der Waals surface area contributed by atoms with Crippen LogP contribution in [0.5, 0.6) is 23.1 Å². The highest BCUT2D eigenvalue weighted by Crippen LogP contribution is 2.56. The molecule has 1 aromatic heterocycles. The van der Waals surface area contributed by atoms with E-state index in [0.717, 1.165) is 55.5 Å². The Balaban J connectivity index is 1.16. The van der Waals surface area contributed by atoms with Gasteiger partial charge in [-0.3, -0.25) is 4.57 Å². The molecule has 1 saturated carbocycles. The Morgan fingerprint density at radius 1 is 1.11 bits per heavy atom. The summed E-state index contributed by atoms with van der Waals surface area (Å²) in [5.74, 6) is -2.41. The van der Waals surface area contributed by atoms with Gasteiger partial charge in [0.2, 0.25) is 5.88 Å². The minimum absolute atomic E-state index is 0.00484. The number of rotatable bonds is 6. The van der Waals surface area contributed by atoms with Crippen LogP contribution in [-0.4, -0.2) is 28.0 Å². The van der Waals surface area contributed by atoms with Crippen LogP contribution >= 0.6 is 11.6 Å². The van der Waals surface area contributed by atoms with E-state index in [4.69, 9.17) is 21.1 Å². The molecule has 1 aliphatic carbocycles. The first kappa shape index (κ1) is 23.8. The van der Waals surface area contributed by atoms with Crippen LogP contribution in [0, 0.1) is 17.6 Å². The number of aromatic nitrogens is 2. The van der Waals surface area contributed by atoms with Gasteiger partial charge >= 0.3 is 12.1 Å². The molecule has 37 heavy (non-hydrogen) atoms. The van der Waals surface area contributed by atoms with Crippen molar-refractivity contribution in [3.05, 3.63) is 69.1 Å². The Hall–Kier alpha value is -3.54. The first-order valence-electron chi connectivity index (χ1n) is 11.2. The number of anilines is 1. The zero-order chi connectivity index (χ0) is 26.1. The van der Waals surface area contributed by atoms with Crippen molar-refractivity contribution in [1.82, 2.24) is 9.55 Å². The number of hydrogen-bond acceptors (Lipinski definition) is 6. The van der Waals surface area contributed by atoms with E-state index < -0.39 is 40.2 Å². The molecule has 0 radical (unpaired) electrons. The van der Waals surface area contributed by atoms with Gasteiger partial charge in [0.1, 0.15) is 23.9 Å². The summed E-state index contributed by atoms with van der Waals surface area (Å²) in [6.07, 6.45) is -2.86. The van der Waals surface area contributed by atoms with E-state index in [2.05, 4.69) is 14.6 Å². The van der Waals surface area contributed by atoms with E-state index in [9.17, 15) is 26.7 Å². The lowest BCUT2D eigenvalue weighted by Crippen LogP contribution is -2.44. The molecule has 1 spiro atoms. The summed E-state index contributed by atoms with van der Waals surface area (Å²) in [6.45, 7) is 1.21. The molecule has 0 unspecified atom stereocenters. The second kappa shape index (κ2) is 8.23. The van der Waals surface area contributed by atoms with E-state index in [1.165, 1.54) is 0 Å². The second-order valence-electron chi connectivity index (χ2n) is 9.35. The van der Waals surface area contributed by atoms with Crippen LogP contribution in [0.15, 0.2) is 41.2 Å². The van der Waals surface area contributed by atoms with Gasteiger partial charge in [-0.2, -0.15) is 4.98 Å². The van der Waals surface area contributed by atoms with Crippen molar-refractivity contribution in [3.63, 3.8) is 0 Å². The zero-order valence-electron chi connectivity index (χ0n) is 18.8. The van der Waals surface area contributed by atoms with Crippen LogP contribution < -0.4 is 24.8 Å². The largest absolute Gasteiger partial charge is 0.573 e. The molecule has 7 nitrogen and oxygen atoms in total. The maximum Gasteiger partial charge on any atom is 0.573 e. The van der Waals surface area contributed by atoms with Gasteiger partial charge < -0.3 is 19.1 Å². The average Bonchev–Trinajstić information content (AvgIpc) is 3.42. The Morgan fingerprint density at radius 3 is 2.51 bits per heavy atom. The van der Waals surface area contributed by atoms with Crippen LogP contribution in [0.3, 0.4) is 0 Å². The fourth-order valence-electron chi connectivity index (χ4n) is 5.40. The lowest BCUT2D eigenvalue weighted by atomic mass is 9.74. The number of benzene rings is 2. The monoisotopic (exact) mass is 541 g/mol. The standard InChI is InChI=1S/C24H17ClF5N3O4/c25-15-5-14(1-2-18(15)37-24(28,29)30)36-21-16(26)3-12(4-17(21)27)10-35-19-6-20-32(22(34)31-19)11-23-7-13(8-23)9-33(20)23/h1-6,13H,7-11H2. The highest BCUT2D eigenvalue weighted by atomic mass is 35.5. The van der Waals surface area contributed by atoms with Crippen molar-refractivity contribution in [2.45, 2.75) is 37.9 Å². The fraction of sp³-hybridized carbons (Fsp3) is 0.333. The Kier molecular flexibility index (Phi) is 5.30. The Bertz CT molecular complexity index is 1450. The molecular formula is C24H17ClF5N3O4. The van der Waals surface area contributed by atoms with Crippen molar-refractivity contribution in [2.75, 3.05) is 11.4 Å². The van der Waals surface area contributed by atoms with Crippen molar-refractivity contribution in [1.29, 1.82) is 0 Å². The van der Waals surface area contributed by atoms with Gasteiger partial charge in [0.05, 0.1) is 17.1 Å². The van der Waals surface area contributed by atoms with E-state index in [0.29, 0.717) is 12.5 Å². The normalized spacial score (nSPS) is 21.4. The molecule has 3 aromatic rings. The summed E-state index contributed by atoms with van der Waals surface area (Å²) in [4.78, 5) is 18.7. The molecule has 194 valence electrons. The third kappa shape index (κ3) is 4.22. The maximum atomic E-state index is 14.7. The van der Waals surface area contributed by atoms with Crippen molar-refractivity contribution in [3.8, 4) is 23.1 Å². The molecule has 0 atom stereocenters. The number of fused-ring (bicyclic) bond motifs is 1. The van der Waals surface area contributed by atoms with E-state index >= 15 is 0 Å². The summed E-state index contributed by atoms with van der Waals surface area (Å²) in [5.41, 5.74) is -0.336. The number of hydrogen-bond donors (Lipinski definition) is 0. The predicted octanol–water partition coefficient (Wildman–Crippen LogP) is 5.43. The van der Waals surface area contributed by atoms with E-state index in [-0.39, 0.29) is 29.3 Å². The molecule has 0 N–H and O–H groups in total. The first-order chi connectivity index (χ1) is 17.5. The van der Waals surface area contributed by atoms with Crippen LogP contribution in [-0.2, 0) is 13.2 Å². The molecule has 3 fully saturated rings. The van der Waals surface area contributed by atoms with Crippen molar-refractivity contribution < 1.29 is 36.2 Å². The fourth-order valence-corrected chi connectivity index (χ4v) is 5.61. The number of ether oxygens (including phenoxy) is 3.